The van der Waals surface area contributed by atoms with Crippen LogP contribution in [0.15, 0.2) is 66.2 Å². The van der Waals surface area contributed by atoms with Crippen molar-refractivity contribution in [1.82, 2.24) is 5.32 Å². The molecule has 7 nitrogen and oxygen atoms in total. The molecule has 4 amide bonds. The Morgan fingerprint density at radius 3 is 2.31 bits per heavy atom. The molecule has 1 N–H and O–H groups in total. The maximum atomic E-state index is 13.1. The monoisotopic (exact) mass is 504 g/mol. The topological polar surface area (TPSA) is 84.9 Å². The molecule has 0 aromatic heterocycles. The van der Waals surface area contributed by atoms with Gasteiger partial charge in [-0.15, -0.1) is 0 Å². The minimum atomic E-state index is -0.809. The van der Waals surface area contributed by atoms with Gasteiger partial charge in [-0.2, -0.15) is 0 Å². The molecule has 0 atom stereocenters. The number of hydrogen-bond donors (Lipinski definition) is 1. The number of carbonyl (C=O) groups is 3. The van der Waals surface area contributed by atoms with Gasteiger partial charge in [0, 0.05) is 0 Å². The van der Waals surface area contributed by atoms with Crippen LogP contribution in [0, 0.1) is 13.8 Å². The van der Waals surface area contributed by atoms with Crippen LogP contribution in [-0.4, -0.2) is 24.5 Å². The summed E-state index contributed by atoms with van der Waals surface area (Å²) in [6.45, 7) is 6.51. The highest BCUT2D eigenvalue weighted by molar-refractivity contribution is 6.39. The Morgan fingerprint density at radius 1 is 0.944 bits per heavy atom. The van der Waals surface area contributed by atoms with E-state index in [1.807, 2.05) is 32.9 Å². The molecule has 36 heavy (non-hydrogen) atoms. The number of barbiturate groups is 1. The molecule has 3 aromatic rings. The number of ether oxygens (including phenoxy) is 2. The van der Waals surface area contributed by atoms with Gasteiger partial charge in [0.25, 0.3) is 11.8 Å². The summed E-state index contributed by atoms with van der Waals surface area (Å²) in [6.07, 6.45) is 1.38. The highest BCUT2D eigenvalue weighted by Gasteiger charge is 2.36. The van der Waals surface area contributed by atoms with E-state index >= 15 is 0 Å². The maximum absolute atomic E-state index is 13.1. The quantitative estimate of drug-likeness (QED) is 0.334. The Kier molecular flexibility index (Phi) is 7.41. The molecule has 0 spiro atoms. The Morgan fingerprint density at radius 2 is 1.64 bits per heavy atom. The lowest BCUT2D eigenvalue weighted by atomic mass is 10.1. The lowest BCUT2D eigenvalue weighted by Crippen LogP contribution is -2.54. The highest BCUT2D eigenvalue weighted by Crippen LogP contribution is 2.38. The zero-order chi connectivity index (χ0) is 25.8. The van der Waals surface area contributed by atoms with Crippen molar-refractivity contribution in [3.8, 4) is 11.5 Å². The van der Waals surface area contributed by atoms with Gasteiger partial charge in [-0.3, -0.25) is 14.9 Å². The standard InChI is InChI=1S/C28H25ClN2O5/c1-4-35-24-15-19(14-23(29)25(24)36-16-20-11-17(2)10-18(3)12-20)13-22-26(32)30-28(34)31(27(22)33)21-8-6-5-7-9-21/h5-15H,4,16H2,1-3H3,(H,30,32,34)/b22-13+. The van der Waals surface area contributed by atoms with Gasteiger partial charge in [-0.05, 0) is 62.2 Å². The van der Waals surface area contributed by atoms with Crippen molar-refractivity contribution in [3.05, 3.63) is 93.5 Å². The molecule has 0 bridgehead atoms. The number of imide groups is 2. The van der Waals surface area contributed by atoms with Gasteiger partial charge in [0.2, 0.25) is 0 Å². The van der Waals surface area contributed by atoms with E-state index in [2.05, 4.69) is 11.4 Å². The fourth-order valence-electron chi connectivity index (χ4n) is 4.02. The van der Waals surface area contributed by atoms with Gasteiger partial charge < -0.3 is 9.47 Å². The molecule has 4 rings (SSSR count). The number of rotatable bonds is 7. The number of aryl methyl sites for hydroxylation is 2. The molecule has 1 heterocycles. The molecule has 8 heteroatoms. The van der Waals surface area contributed by atoms with Gasteiger partial charge in [-0.1, -0.05) is 59.1 Å². The molecule has 1 aliphatic rings. The largest absolute Gasteiger partial charge is 0.490 e. The van der Waals surface area contributed by atoms with E-state index in [1.165, 1.54) is 6.08 Å². The third kappa shape index (κ3) is 5.42. The predicted octanol–water partition coefficient (Wildman–Crippen LogP) is 5.60. The maximum Gasteiger partial charge on any atom is 0.335 e. The summed E-state index contributed by atoms with van der Waals surface area (Å²) in [6, 6.07) is 16.9. The van der Waals surface area contributed by atoms with Gasteiger partial charge in [0.15, 0.2) is 11.5 Å². The lowest BCUT2D eigenvalue weighted by Gasteiger charge is -2.26. The second kappa shape index (κ2) is 10.7. The highest BCUT2D eigenvalue weighted by atomic mass is 35.5. The number of carbonyl (C=O) groups excluding carboxylic acids is 3. The molecule has 0 aliphatic carbocycles. The summed E-state index contributed by atoms with van der Waals surface area (Å²) < 4.78 is 11.8. The number of nitrogens with one attached hydrogen (secondary N) is 1. The summed E-state index contributed by atoms with van der Waals surface area (Å²) >= 11 is 6.55. The van der Waals surface area contributed by atoms with Crippen LogP contribution in [0.2, 0.25) is 5.02 Å². The average Bonchev–Trinajstić information content (AvgIpc) is 2.81. The van der Waals surface area contributed by atoms with Crippen LogP contribution in [0.5, 0.6) is 11.5 Å². The molecule has 0 saturated carbocycles. The number of nitrogens with zero attached hydrogens (tertiary/aromatic N) is 1. The minimum absolute atomic E-state index is 0.208. The van der Waals surface area contributed by atoms with Crippen LogP contribution < -0.4 is 19.7 Å². The van der Waals surface area contributed by atoms with Crippen LogP contribution in [-0.2, 0) is 16.2 Å². The predicted molar refractivity (Wildman–Crippen MR) is 138 cm³/mol. The summed E-state index contributed by atoms with van der Waals surface area (Å²) in [7, 11) is 0. The molecule has 3 aromatic carbocycles. The van der Waals surface area contributed by atoms with E-state index in [1.54, 1.807) is 42.5 Å². The fraction of sp³-hybridized carbons (Fsp3) is 0.179. The van der Waals surface area contributed by atoms with Gasteiger partial charge in [-0.25, -0.2) is 9.69 Å². The number of hydrogen-bond acceptors (Lipinski definition) is 5. The molecule has 1 aliphatic heterocycles. The van der Waals surface area contributed by atoms with Crippen molar-refractivity contribution in [2.75, 3.05) is 11.5 Å². The second-order valence-electron chi connectivity index (χ2n) is 8.34. The Labute approximate surface area is 214 Å². The summed E-state index contributed by atoms with van der Waals surface area (Å²) in [5, 5.41) is 2.47. The first kappa shape index (κ1) is 25.0. The van der Waals surface area contributed by atoms with Crippen LogP contribution >= 0.6 is 11.6 Å². The van der Waals surface area contributed by atoms with E-state index in [0.29, 0.717) is 29.4 Å². The normalized spacial score (nSPS) is 14.7. The van der Waals surface area contributed by atoms with E-state index in [-0.39, 0.29) is 17.2 Å². The van der Waals surface area contributed by atoms with Crippen molar-refractivity contribution >= 4 is 41.2 Å². The smallest absolute Gasteiger partial charge is 0.335 e. The number of urea groups is 1. The van der Waals surface area contributed by atoms with Crippen molar-refractivity contribution in [2.45, 2.75) is 27.4 Å². The van der Waals surface area contributed by atoms with E-state index < -0.39 is 17.8 Å². The Balaban J connectivity index is 1.66. The summed E-state index contributed by atoms with van der Waals surface area (Å²) in [5.41, 5.74) is 3.84. The first-order valence-corrected chi connectivity index (χ1v) is 11.8. The third-order valence-corrected chi connectivity index (χ3v) is 5.70. The number of benzene rings is 3. The van der Waals surface area contributed by atoms with Crippen LogP contribution in [0.1, 0.15) is 29.2 Å². The molecule has 0 radical (unpaired) electrons. The van der Waals surface area contributed by atoms with Crippen LogP contribution in [0.4, 0.5) is 10.5 Å². The van der Waals surface area contributed by atoms with Crippen molar-refractivity contribution in [1.29, 1.82) is 0 Å². The zero-order valence-corrected chi connectivity index (χ0v) is 20.9. The summed E-state index contributed by atoms with van der Waals surface area (Å²) in [5.74, 6) is -0.790. The first-order valence-electron chi connectivity index (χ1n) is 11.4. The Hall–Kier alpha value is -4.10. The number of para-hydroxylation sites is 1. The molecular formula is C28H25ClN2O5. The van der Waals surface area contributed by atoms with Crippen LogP contribution in [0.3, 0.4) is 0 Å². The Bertz CT molecular complexity index is 1350. The van der Waals surface area contributed by atoms with Gasteiger partial charge in [0.05, 0.1) is 17.3 Å². The van der Waals surface area contributed by atoms with Crippen molar-refractivity contribution in [2.24, 2.45) is 0 Å². The average molecular weight is 505 g/mol. The zero-order valence-electron chi connectivity index (χ0n) is 20.1. The van der Waals surface area contributed by atoms with Crippen molar-refractivity contribution < 1.29 is 23.9 Å². The van der Waals surface area contributed by atoms with Gasteiger partial charge >= 0.3 is 6.03 Å². The SMILES string of the molecule is CCOc1cc(/C=C2\C(=O)NC(=O)N(c3ccccc3)C2=O)cc(Cl)c1OCc1cc(C)cc(C)c1. The molecular weight excluding hydrogens is 480 g/mol. The van der Waals surface area contributed by atoms with Crippen molar-refractivity contribution in [3.63, 3.8) is 0 Å². The second-order valence-corrected chi connectivity index (χ2v) is 8.75. The molecule has 0 unspecified atom stereocenters. The molecule has 1 fully saturated rings. The fourth-order valence-corrected chi connectivity index (χ4v) is 4.29. The minimum Gasteiger partial charge on any atom is -0.490 e. The molecule has 184 valence electrons. The van der Waals surface area contributed by atoms with E-state index in [9.17, 15) is 14.4 Å². The van der Waals surface area contributed by atoms with E-state index in [0.717, 1.165) is 21.6 Å². The summed E-state index contributed by atoms with van der Waals surface area (Å²) in [4.78, 5) is 38.9. The lowest BCUT2D eigenvalue weighted by molar-refractivity contribution is -0.122. The van der Waals surface area contributed by atoms with Gasteiger partial charge in [0.1, 0.15) is 12.2 Å². The van der Waals surface area contributed by atoms with E-state index in [4.69, 9.17) is 21.1 Å². The molecule has 1 saturated heterocycles. The first-order chi connectivity index (χ1) is 17.3. The third-order valence-electron chi connectivity index (χ3n) is 5.42. The number of anilines is 1. The van der Waals surface area contributed by atoms with Crippen LogP contribution in [0.25, 0.3) is 6.08 Å². The number of amides is 4. The number of halogens is 1.